The van der Waals surface area contributed by atoms with Crippen LogP contribution in [0, 0.1) is 11.3 Å². The molecule has 2 N–H and O–H groups in total. The van der Waals surface area contributed by atoms with E-state index in [1.807, 2.05) is 0 Å². The maximum absolute atomic E-state index is 12.7. The van der Waals surface area contributed by atoms with E-state index in [-0.39, 0.29) is 23.7 Å². The number of benzene rings is 2. The van der Waals surface area contributed by atoms with Crippen LogP contribution in [0.25, 0.3) is 0 Å². The molecule has 0 radical (unpaired) electrons. The van der Waals surface area contributed by atoms with Crippen LogP contribution >= 0.6 is 11.6 Å². The van der Waals surface area contributed by atoms with E-state index in [1.54, 1.807) is 49.6 Å². The molecule has 0 saturated carbocycles. The van der Waals surface area contributed by atoms with E-state index in [1.165, 1.54) is 0 Å². The number of nitriles is 1. The third-order valence-electron chi connectivity index (χ3n) is 4.10. The molecule has 2 aromatic carbocycles. The van der Waals surface area contributed by atoms with E-state index < -0.39 is 5.92 Å². The van der Waals surface area contributed by atoms with E-state index in [2.05, 4.69) is 6.07 Å². The Morgan fingerprint density at radius 2 is 2.04 bits per heavy atom. The maximum atomic E-state index is 12.7. The summed E-state index contributed by atoms with van der Waals surface area (Å²) in [4.78, 5) is 12.7. The molecule has 1 unspecified atom stereocenters. The smallest absolute Gasteiger partial charge is 0.205 e. The molecule has 0 aliphatic carbocycles. The van der Waals surface area contributed by atoms with E-state index >= 15 is 0 Å². The summed E-state index contributed by atoms with van der Waals surface area (Å²) in [5.41, 5.74) is 7.31. The maximum Gasteiger partial charge on any atom is 0.205 e. The number of hydrogen-bond donors (Lipinski definition) is 1. The lowest BCUT2D eigenvalue weighted by Gasteiger charge is -2.25. The van der Waals surface area contributed by atoms with Crippen LogP contribution in [-0.4, -0.2) is 12.9 Å². The Kier molecular flexibility index (Phi) is 4.64. The van der Waals surface area contributed by atoms with Crippen LogP contribution in [-0.2, 0) is 0 Å². The van der Waals surface area contributed by atoms with E-state index in [9.17, 15) is 10.1 Å². The molecule has 1 aliphatic rings. The Bertz CT molecular complexity index is 898. The number of halogens is 1. The van der Waals surface area contributed by atoms with Crippen LogP contribution < -0.4 is 15.2 Å². The number of hydrogen-bond acceptors (Lipinski definition) is 5. The van der Waals surface area contributed by atoms with Gasteiger partial charge in [0.2, 0.25) is 5.88 Å². The Balaban J connectivity index is 1.95. The van der Waals surface area contributed by atoms with Gasteiger partial charge >= 0.3 is 0 Å². The average Bonchev–Trinajstić information content (AvgIpc) is 2.62. The minimum absolute atomic E-state index is 0.0184. The predicted octanol–water partition coefficient (Wildman–Crippen LogP) is 3.79. The molecular weight excluding hydrogens is 340 g/mol. The Morgan fingerprint density at radius 1 is 1.32 bits per heavy atom. The van der Waals surface area contributed by atoms with Gasteiger partial charge in [-0.1, -0.05) is 11.6 Å². The highest BCUT2D eigenvalue weighted by molar-refractivity contribution is 6.30. The lowest BCUT2D eigenvalue weighted by atomic mass is 9.84. The number of nitrogens with two attached hydrogens (primary N) is 1. The van der Waals surface area contributed by atoms with Crippen LogP contribution in [0.15, 0.2) is 53.9 Å². The molecule has 1 atom stereocenters. The normalized spacial score (nSPS) is 15.8. The highest BCUT2D eigenvalue weighted by Gasteiger charge is 2.31. The van der Waals surface area contributed by atoms with Crippen molar-refractivity contribution in [3.63, 3.8) is 0 Å². The summed E-state index contributed by atoms with van der Waals surface area (Å²) in [5, 5.41) is 9.95. The van der Waals surface area contributed by atoms with Crippen molar-refractivity contribution in [3.05, 3.63) is 70.1 Å². The largest absolute Gasteiger partial charge is 0.497 e. The Morgan fingerprint density at radius 3 is 2.68 bits per heavy atom. The van der Waals surface area contributed by atoms with Crippen molar-refractivity contribution in [3.8, 4) is 17.6 Å². The number of nitrogens with zero attached hydrogens (tertiary/aromatic N) is 1. The summed E-state index contributed by atoms with van der Waals surface area (Å²) < 4.78 is 10.6. The first-order valence-corrected chi connectivity index (χ1v) is 7.95. The summed E-state index contributed by atoms with van der Waals surface area (Å²) in [6, 6.07) is 13.9. The number of methoxy groups -OCH3 is 1. The van der Waals surface area contributed by atoms with E-state index in [4.69, 9.17) is 26.8 Å². The monoisotopic (exact) mass is 354 g/mol. The van der Waals surface area contributed by atoms with Gasteiger partial charge in [-0.15, -0.1) is 0 Å². The van der Waals surface area contributed by atoms with Gasteiger partial charge in [0.25, 0.3) is 0 Å². The van der Waals surface area contributed by atoms with Crippen molar-refractivity contribution >= 4 is 17.4 Å². The molecule has 6 heteroatoms. The second kappa shape index (κ2) is 6.88. The highest BCUT2D eigenvalue weighted by atomic mass is 35.5. The lowest BCUT2D eigenvalue weighted by Crippen LogP contribution is -2.22. The first-order valence-electron chi connectivity index (χ1n) is 7.57. The lowest BCUT2D eigenvalue weighted by molar-refractivity contribution is 0.0976. The van der Waals surface area contributed by atoms with Crippen molar-refractivity contribution in [2.45, 2.75) is 12.3 Å². The van der Waals surface area contributed by atoms with Gasteiger partial charge in [0, 0.05) is 28.5 Å². The number of allylic oxidation sites excluding steroid dienone is 1. The van der Waals surface area contributed by atoms with Gasteiger partial charge in [0.05, 0.1) is 12.7 Å². The van der Waals surface area contributed by atoms with Crippen molar-refractivity contribution in [1.29, 1.82) is 5.26 Å². The summed E-state index contributed by atoms with van der Waals surface area (Å²) in [5.74, 6) is 0.586. The van der Waals surface area contributed by atoms with Gasteiger partial charge in [-0.3, -0.25) is 4.79 Å². The summed E-state index contributed by atoms with van der Waals surface area (Å²) in [6.07, 6.45) is 0.0899. The number of carbonyl (C=O) groups excluding carboxylic acids is 1. The number of carbonyl (C=O) groups is 1. The van der Waals surface area contributed by atoms with E-state index in [0.717, 1.165) is 0 Å². The number of ketones is 1. The summed E-state index contributed by atoms with van der Waals surface area (Å²) in [7, 11) is 1.56. The van der Waals surface area contributed by atoms with Gasteiger partial charge in [0.1, 0.15) is 17.6 Å². The summed E-state index contributed by atoms with van der Waals surface area (Å²) in [6.45, 7) is 0. The van der Waals surface area contributed by atoms with Gasteiger partial charge in [0.15, 0.2) is 5.78 Å². The van der Waals surface area contributed by atoms with Gasteiger partial charge in [-0.05, 0) is 42.5 Å². The first kappa shape index (κ1) is 16.9. The van der Waals surface area contributed by atoms with Crippen molar-refractivity contribution < 1.29 is 14.3 Å². The minimum Gasteiger partial charge on any atom is -0.497 e. The van der Waals surface area contributed by atoms with Crippen molar-refractivity contribution in [2.75, 3.05) is 7.11 Å². The molecule has 0 spiro atoms. The average molecular weight is 355 g/mol. The minimum atomic E-state index is -0.498. The van der Waals surface area contributed by atoms with Crippen molar-refractivity contribution in [1.82, 2.24) is 0 Å². The summed E-state index contributed by atoms with van der Waals surface area (Å²) >= 11 is 6.07. The third-order valence-corrected chi connectivity index (χ3v) is 4.34. The Labute approximate surface area is 150 Å². The predicted molar refractivity (Wildman–Crippen MR) is 93.6 cm³/mol. The zero-order valence-corrected chi connectivity index (χ0v) is 14.2. The molecule has 25 heavy (non-hydrogen) atoms. The standard InChI is InChI=1S/C19H15ClN2O3/c1-24-13-5-2-11(3-6-13)17(23)9-14-15-8-12(20)4-7-18(15)25-19(22)16(14)10-21/h2-8,14H,9,22H2,1H3. The van der Waals surface area contributed by atoms with Crippen molar-refractivity contribution in [2.24, 2.45) is 5.73 Å². The molecule has 3 rings (SSSR count). The zero-order chi connectivity index (χ0) is 18.0. The molecule has 0 saturated heterocycles. The fourth-order valence-electron chi connectivity index (χ4n) is 2.81. The zero-order valence-electron chi connectivity index (χ0n) is 13.5. The number of rotatable bonds is 4. The Hall–Kier alpha value is -2.97. The molecule has 0 fully saturated rings. The second-order valence-corrected chi connectivity index (χ2v) is 6.02. The topological polar surface area (TPSA) is 85.3 Å². The van der Waals surface area contributed by atoms with Crippen LogP contribution in [0.4, 0.5) is 0 Å². The molecule has 0 bridgehead atoms. The number of ether oxygens (including phenoxy) is 2. The van der Waals surface area contributed by atoms with Gasteiger partial charge in [-0.2, -0.15) is 5.26 Å². The molecule has 0 amide bonds. The molecule has 1 aliphatic heterocycles. The van der Waals surface area contributed by atoms with Gasteiger partial charge < -0.3 is 15.2 Å². The van der Waals surface area contributed by atoms with Crippen LogP contribution in [0.5, 0.6) is 11.5 Å². The first-order chi connectivity index (χ1) is 12.0. The molecule has 126 valence electrons. The fourth-order valence-corrected chi connectivity index (χ4v) is 2.99. The third kappa shape index (κ3) is 3.30. The number of fused-ring (bicyclic) bond motifs is 1. The molecule has 5 nitrogen and oxygen atoms in total. The van der Waals surface area contributed by atoms with E-state index in [0.29, 0.717) is 27.6 Å². The highest BCUT2D eigenvalue weighted by Crippen LogP contribution is 2.41. The quantitative estimate of drug-likeness (QED) is 0.844. The van der Waals surface area contributed by atoms with Crippen LogP contribution in [0.1, 0.15) is 28.3 Å². The molecular formula is C19H15ClN2O3. The second-order valence-electron chi connectivity index (χ2n) is 5.58. The fraction of sp³-hybridized carbons (Fsp3) is 0.158. The van der Waals surface area contributed by atoms with Crippen LogP contribution in [0.3, 0.4) is 0 Å². The van der Waals surface area contributed by atoms with Crippen LogP contribution in [0.2, 0.25) is 5.02 Å². The van der Waals surface area contributed by atoms with Gasteiger partial charge in [-0.25, -0.2) is 0 Å². The molecule has 1 heterocycles. The SMILES string of the molecule is COc1ccc(C(=O)CC2C(C#N)=C(N)Oc3ccc(Cl)cc32)cc1. The number of Topliss-reactive ketones (excluding diaryl/α,β-unsaturated/α-hetero) is 1. The molecule has 2 aromatic rings. The molecule has 0 aromatic heterocycles.